The van der Waals surface area contributed by atoms with Crippen LogP contribution in [0.2, 0.25) is 0 Å². The van der Waals surface area contributed by atoms with E-state index in [1.54, 1.807) is 6.07 Å². The number of ether oxygens (including phenoxy) is 1. The Morgan fingerprint density at radius 1 is 1.12 bits per heavy atom. The zero-order valence-electron chi connectivity index (χ0n) is 13.4. The number of amides is 1. The Morgan fingerprint density at radius 2 is 1.88 bits per heavy atom. The molecule has 1 N–H and O–H groups in total. The molecule has 1 aromatic heterocycles. The van der Waals surface area contributed by atoms with Crippen molar-refractivity contribution in [3.63, 3.8) is 0 Å². The van der Waals surface area contributed by atoms with Crippen LogP contribution in [0.3, 0.4) is 0 Å². The van der Waals surface area contributed by atoms with E-state index in [2.05, 4.69) is 10.5 Å². The Morgan fingerprint density at radius 3 is 2.58 bits per heavy atom. The summed E-state index contributed by atoms with van der Waals surface area (Å²) < 4.78 is 10.7. The number of benzene rings is 2. The number of aromatic nitrogens is 1. The predicted octanol–water partition coefficient (Wildman–Crippen LogP) is 3.67. The van der Waals surface area contributed by atoms with E-state index in [9.17, 15) is 4.79 Å². The molecule has 0 fully saturated rings. The van der Waals surface area contributed by atoms with E-state index in [1.807, 2.05) is 61.5 Å². The lowest BCUT2D eigenvalue weighted by molar-refractivity contribution is 0.0942. The largest absolute Gasteiger partial charge is 0.494 e. The fourth-order valence-corrected chi connectivity index (χ4v) is 2.27. The summed E-state index contributed by atoms with van der Waals surface area (Å²) in [5, 5.41) is 6.67. The van der Waals surface area contributed by atoms with Crippen molar-refractivity contribution in [2.45, 2.75) is 13.5 Å². The Kier molecular flexibility index (Phi) is 4.91. The van der Waals surface area contributed by atoms with Crippen molar-refractivity contribution in [1.82, 2.24) is 10.5 Å². The second-order valence-electron chi connectivity index (χ2n) is 5.20. The molecule has 3 rings (SSSR count). The molecule has 24 heavy (non-hydrogen) atoms. The summed E-state index contributed by atoms with van der Waals surface area (Å²) in [7, 11) is 0. The highest BCUT2D eigenvalue weighted by atomic mass is 16.5. The lowest BCUT2D eigenvalue weighted by atomic mass is 10.1. The first kappa shape index (κ1) is 15.8. The molecular weight excluding hydrogens is 304 g/mol. The number of hydrogen-bond acceptors (Lipinski definition) is 4. The highest BCUT2D eigenvalue weighted by molar-refractivity contribution is 5.93. The Hall–Kier alpha value is -3.08. The van der Waals surface area contributed by atoms with Crippen LogP contribution >= 0.6 is 0 Å². The van der Waals surface area contributed by atoms with Gasteiger partial charge in [0.25, 0.3) is 5.91 Å². The Labute approximate surface area is 140 Å². The first-order valence-electron chi connectivity index (χ1n) is 7.78. The average Bonchev–Trinajstić information content (AvgIpc) is 3.12. The fraction of sp³-hybridized carbons (Fsp3) is 0.158. The number of carbonyl (C=O) groups is 1. The molecule has 5 heteroatoms. The maximum atomic E-state index is 12.1. The van der Waals surface area contributed by atoms with Crippen LogP contribution in [0.1, 0.15) is 23.0 Å². The number of hydrogen-bond donors (Lipinski definition) is 1. The maximum Gasteiger partial charge on any atom is 0.273 e. The minimum atomic E-state index is -0.264. The van der Waals surface area contributed by atoms with Crippen molar-refractivity contribution in [3.8, 4) is 17.1 Å². The van der Waals surface area contributed by atoms with Gasteiger partial charge in [-0.1, -0.05) is 35.5 Å². The van der Waals surface area contributed by atoms with E-state index in [4.69, 9.17) is 9.26 Å². The molecule has 2 aromatic carbocycles. The van der Waals surface area contributed by atoms with Crippen molar-refractivity contribution in [1.29, 1.82) is 0 Å². The van der Waals surface area contributed by atoms with Crippen LogP contribution in [-0.4, -0.2) is 17.7 Å². The standard InChI is InChI=1S/C19H18N2O3/c1-2-23-16-10-8-15(9-11-16)18-12-17(21-24-18)19(22)20-13-14-6-4-3-5-7-14/h3-12H,2,13H2,1H3,(H,20,22). The molecule has 122 valence electrons. The summed E-state index contributed by atoms with van der Waals surface area (Å²) in [6, 6.07) is 18.8. The lowest BCUT2D eigenvalue weighted by Crippen LogP contribution is -2.22. The Balaban J connectivity index is 1.65. The third-order valence-corrected chi connectivity index (χ3v) is 3.49. The topological polar surface area (TPSA) is 64.4 Å². The van der Waals surface area contributed by atoms with E-state index in [0.717, 1.165) is 16.9 Å². The van der Waals surface area contributed by atoms with Crippen LogP contribution in [0.25, 0.3) is 11.3 Å². The van der Waals surface area contributed by atoms with Crippen molar-refractivity contribution < 1.29 is 14.1 Å². The minimum absolute atomic E-state index is 0.259. The molecular formula is C19H18N2O3. The summed E-state index contributed by atoms with van der Waals surface area (Å²) in [4.78, 5) is 12.1. The van der Waals surface area contributed by atoms with Gasteiger partial charge in [0.1, 0.15) is 5.75 Å². The van der Waals surface area contributed by atoms with Gasteiger partial charge in [-0.3, -0.25) is 4.79 Å². The average molecular weight is 322 g/mol. The lowest BCUT2D eigenvalue weighted by Gasteiger charge is -2.02. The molecule has 0 unspecified atom stereocenters. The molecule has 3 aromatic rings. The summed E-state index contributed by atoms with van der Waals surface area (Å²) in [5.41, 5.74) is 2.13. The zero-order chi connectivity index (χ0) is 16.8. The van der Waals surface area contributed by atoms with Gasteiger partial charge in [0.15, 0.2) is 11.5 Å². The molecule has 0 aliphatic heterocycles. The summed E-state index contributed by atoms with van der Waals surface area (Å²) in [6.07, 6.45) is 0. The third kappa shape index (κ3) is 3.81. The molecule has 0 spiro atoms. The van der Waals surface area contributed by atoms with Crippen molar-refractivity contribution in [2.24, 2.45) is 0 Å². The maximum absolute atomic E-state index is 12.1. The van der Waals surface area contributed by atoms with E-state index >= 15 is 0 Å². The zero-order valence-corrected chi connectivity index (χ0v) is 13.4. The van der Waals surface area contributed by atoms with Crippen LogP contribution < -0.4 is 10.1 Å². The smallest absolute Gasteiger partial charge is 0.273 e. The van der Waals surface area contributed by atoms with Gasteiger partial charge in [-0.15, -0.1) is 0 Å². The van der Waals surface area contributed by atoms with E-state index in [1.165, 1.54) is 0 Å². The normalized spacial score (nSPS) is 10.4. The molecule has 0 aliphatic carbocycles. The van der Waals surface area contributed by atoms with Crippen molar-refractivity contribution >= 4 is 5.91 Å². The Bertz CT molecular complexity index is 795. The summed E-state index contributed by atoms with van der Waals surface area (Å²) in [5.74, 6) is 1.07. The number of nitrogens with zero attached hydrogens (tertiary/aromatic N) is 1. The van der Waals surface area contributed by atoms with Gasteiger partial charge >= 0.3 is 0 Å². The number of nitrogens with one attached hydrogen (secondary N) is 1. The molecule has 1 heterocycles. The van der Waals surface area contributed by atoms with E-state index in [-0.39, 0.29) is 11.6 Å². The molecule has 0 aliphatic rings. The molecule has 1 amide bonds. The number of rotatable bonds is 6. The molecule has 5 nitrogen and oxygen atoms in total. The monoisotopic (exact) mass is 322 g/mol. The van der Waals surface area contributed by atoms with Gasteiger partial charge in [0, 0.05) is 18.2 Å². The predicted molar refractivity (Wildman–Crippen MR) is 90.7 cm³/mol. The molecule has 0 radical (unpaired) electrons. The van der Waals surface area contributed by atoms with Gasteiger partial charge in [-0.2, -0.15) is 0 Å². The van der Waals surface area contributed by atoms with Gasteiger partial charge in [0.05, 0.1) is 6.61 Å². The molecule has 0 saturated carbocycles. The molecule has 0 bridgehead atoms. The van der Waals surface area contributed by atoms with Crippen LogP contribution in [0.5, 0.6) is 5.75 Å². The highest BCUT2D eigenvalue weighted by Gasteiger charge is 2.13. The third-order valence-electron chi connectivity index (χ3n) is 3.49. The summed E-state index contributed by atoms with van der Waals surface area (Å²) in [6.45, 7) is 3.00. The van der Waals surface area contributed by atoms with Crippen LogP contribution in [0.15, 0.2) is 65.2 Å². The molecule has 0 atom stereocenters. The van der Waals surface area contributed by atoms with E-state index in [0.29, 0.717) is 18.9 Å². The second kappa shape index (κ2) is 7.46. The van der Waals surface area contributed by atoms with Crippen molar-refractivity contribution in [3.05, 3.63) is 71.9 Å². The fourth-order valence-electron chi connectivity index (χ4n) is 2.27. The van der Waals surface area contributed by atoms with Crippen LogP contribution in [0, 0.1) is 0 Å². The van der Waals surface area contributed by atoms with Crippen LogP contribution in [0.4, 0.5) is 0 Å². The number of carbonyl (C=O) groups excluding carboxylic acids is 1. The van der Waals surface area contributed by atoms with Crippen LogP contribution in [-0.2, 0) is 6.54 Å². The van der Waals surface area contributed by atoms with E-state index < -0.39 is 0 Å². The molecule has 0 saturated heterocycles. The SMILES string of the molecule is CCOc1ccc(-c2cc(C(=O)NCc3ccccc3)no2)cc1. The van der Waals surface area contributed by atoms with Crippen molar-refractivity contribution in [2.75, 3.05) is 6.61 Å². The first-order valence-corrected chi connectivity index (χ1v) is 7.78. The summed E-state index contributed by atoms with van der Waals surface area (Å²) >= 11 is 0. The van der Waals surface area contributed by atoms with Gasteiger partial charge < -0.3 is 14.6 Å². The van der Waals surface area contributed by atoms with Gasteiger partial charge in [0.2, 0.25) is 0 Å². The second-order valence-corrected chi connectivity index (χ2v) is 5.20. The quantitative estimate of drug-likeness (QED) is 0.752. The highest BCUT2D eigenvalue weighted by Crippen LogP contribution is 2.23. The first-order chi connectivity index (χ1) is 11.8. The van der Waals surface area contributed by atoms with Gasteiger partial charge in [-0.25, -0.2) is 0 Å². The minimum Gasteiger partial charge on any atom is -0.494 e. The van der Waals surface area contributed by atoms with Gasteiger partial charge in [-0.05, 0) is 36.8 Å².